The molecule has 0 saturated carbocycles. The molecule has 50 heavy (non-hydrogen) atoms. The van der Waals surface area contributed by atoms with Gasteiger partial charge in [0.2, 0.25) is 5.91 Å². The summed E-state index contributed by atoms with van der Waals surface area (Å²) in [6, 6.07) is 9.38. The lowest BCUT2D eigenvalue weighted by atomic mass is 9.89. The molecule has 0 aliphatic carbocycles. The number of hydrogen-bond donors (Lipinski definition) is 2. The molecule has 3 amide bonds. The summed E-state index contributed by atoms with van der Waals surface area (Å²) in [7, 11) is 4.92. The Balaban J connectivity index is 1.50. The van der Waals surface area contributed by atoms with Gasteiger partial charge in [0.1, 0.15) is 16.4 Å². The van der Waals surface area contributed by atoms with Gasteiger partial charge in [0.25, 0.3) is 11.8 Å². The Morgan fingerprint density at radius 1 is 0.940 bits per heavy atom. The summed E-state index contributed by atoms with van der Waals surface area (Å²) >= 11 is 0.579. The SMILES string of the molecule is COc1ccc(C2CCCN(C(=O)CN(C)C)C2)cc1C(=O)Nc1c(C(=O)Nc2ccc(F)c(C(F)(F)F)c2)sc2cc(C(F)(F)F)ccc12. The first-order chi connectivity index (χ1) is 23.5. The Bertz CT molecular complexity index is 1940. The first-order valence-corrected chi connectivity index (χ1v) is 16.0. The van der Waals surface area contributed by atoms with E-state index >= 15 is 0 Å². The molecule has 0 spiro atoms. The monoisotopic (exact) mass is 724 g/mol. The van der Waals surface area contributed by atoms with Crippen LogP contribution in [0, 0.1) is 5.82 Å². The molecule has 0 bridgehead atoms. The van der Waals surface area contributed by atoms with Gasteiger partial charge in [-0.3, -0.25) is 14.4 Å². The Labute approximate surface area is 285 Å². The Morgan fingerprint density at radius 3 is 2.34 bits per heavy atom. The maximum Gasteiger partial charge on any atom is 0.419 e. The van der Waals surface area contributed by atoms with Crippen LogP contribution in [-0.2, 0) is 17.1 Å². The zero-order valence-corrected chi connectivity index (χ0v) is 27.7. The lowest BCUT2D eigenvalue weighted by molar-refractivity contribution is -0.140. The number of benzene rings is 3. The number of likely N-dealkylation sites (N-methyl/N-ethyl adjacent to an activating group) is 1. The van der Waals surface area contributed by atoms with Crippen LogP contribution in [0.1, 0.15) is 55.5 Å². The number of hydrogen-bond acceptors (Lipinski definition) is 6. The van der Waals surface area contributed by atoms with E-state index in [4.69, 9.17) is 4.74 Å². The van der Waals surface area contributed by atoms with Crippen molar-refractivity contribution in [1.29, 1.82) is 0 Å². The largest absolute Gasteiger partial charge is 0.496 e. The second kappa shape index (κ2) is 14.3. The van der Waals surface area contributed by atoms with Gasteiger partial charge in [0.05, 0.1) is 36.0 Å². The van der Waals surface area contributed by atoms with Crippen molar-refractivity contribution in [2.75, 3.05) is 51.5 Å². The molecule has 1 unspecified atom stereocenters. The summed E-state index contributed by atoms with van der Waals surface area (Å²) in [5, 5.41) is 4.90. The molecule has 1 atom stereocenters. The molecule has 2 N–H and O–H groups in total. The van der Waals surface area contributed by atoms with Crippen LogP contribution in [0.2, 0.25) is 0 Å². The van der Waals surface area contributed by atoms with Gasteiger partial charge >= 0.3 is 12.4 Å². The molecule has 266 valence electrons. The third kappa shape index (κ3) is 8.02. The first kappa shape index (κ1) is 36.6. The van der Waals surface area contributed by atoms with E-state index in [-0.39, 0.29) is 50.3 Å². The molecule has 1 aliphatic rings. The first-order valence-electron chi connectivity index (χ1n) is 15.2. The number of anilines is 2. The molecule has 16 heteroatoms. The number of carbonyl (C=O) groups is 3. The number of rotatable bonds is 8. The van der Waals surface area contributed by atoms with E-state index in [9.17, 15) is 45.1 Å². The number of amides is 3. The lowest BCUT2D eigenvalue weighted by Crippen LogP contribution is -2.43. The number of alkyl halides is 6. The third-order valence-corrected chi connectivity index (χ3v) is 9.31. The minimum absolute atomic E-state index is 0.0349. The standard InChI is InChI=1S/C34H31F7N4O4S/c1-44(2)17-28(46)45-12-4-5-19(16-45)18-6-11-26(49-3)23(13-18)31(47)43-29-22-9-7-20(33(36,37)38)14-27(22)50-30(29)32(48)42-21-8-10-25(35)24(15-21)34(39,40)41/h6-11,13-15,19H,4-5,12,16-17H2,1-3H3,(H,42,48)(H,43,47). The van der Waals surface area contributed by atoms with Crippen molar-refractivity contribution >= 4 is 50.5 Å². The molecule has 1 aromatic heterocycles. The Kier molecular flexibility index (Phi) is 10.4. The number of halogens is 7. The third-order valence-electron chi connectivity index (χ3n) is 8.16. The molecule has 1 saturated heterocycles. The zero-order chi connectivity index (χ0) is 36.5. The van der Waals surface area contributed by atoms with Gasteiger partial charge in [0, 0.05) is 34.8 Å². The molecule has 1 aliphatic heterocycles. The topological polar surface area (TPSA) is 91.0 Å². The van der Waals surface area contributed by atoms with Crippen LogP contribution in [0.25, 0.3) is 10.1 Å². The number of fused-ring (bicyclic) bond motifs is 1. The molecule has 5 rings (SSSR count). The number of likely N-dealkylation sites (tertiary alicyclic amines) is 1. The highest BCUT2D eigenvalue weighted by Gasteiger charge is 2.35. The van der Waals surface area contributed by atoms with E-state index in [1.165, 1.54) is 7.11 Å². The highest BCUT2D eigenvalue weighted by Crippen LogP contribution is 2.41. The van der Waals surface area contributed by atoms with Crippen molar-refractivity contribution < 1.29 is 49.9 Å². The van der Waals surface area contributed by atoms with E-state index in [2.05, 4.69) is 10.6 Å². The van der Waals surface area contributed by atoms with Gasteiger partial charge in [-0.2, -0.15) is 26.3 Å². The van der Waals surface area contributed by atoms with E-state index in [0.717, 1.165) is 42.7 Å². The van der Waals surface area contributed by atoms with Crippen LogP contribution in [0.15, 0.2) is 54.6 Å². The summed E-state index contributed by atoms with van der Waals surface area (Å²) in [5.74, 6) is -3.41. The predicted octanol–water partition coefficient (Wildman–Crippen LogP) is 7.86. The van der Waals surface area contributed by atoms with Crippen molar-refractivity contribution in [3.05, 3.63) is 87.5 Å². The minimum Gasteiger partial charge on any atom is -0.496 e. The van der Waals surface area contributed by atoms with E-state index < -0.39 is 46.8 Å². The van der Waals surface area contributed by atoms with Gasteiger partial charge < -0.3 is 25.2 Å². The summed E-state index contributed by atoms with van der Waals surface area (Å²) in [4.78, 5) is 43.3. The van der Waals surface area contributed by atoms with Crippen molar-refractivity contribution in [1.82, 2.24) is 9.80 Å². The van der Waals surface area contributed by atoms with Crippen LogP contribution in [0.4, 0.5) is 42.1 Å². The van der Waals surface area contributed by atoms with Crippen LogP contribution < -0.4 is 15.4 Å². The van der Waals surface area contributed by atoms with Crippen LogP contribution in [-0.4, -0.2) is 68.4 Å². The summed E-state index contributed by atoms with van der Waals surface area (Å²) in [6.07, 6.45) is -8.33. The Hall–Kier alpha value is -4.70. The molecule has 4 aromatic rings. The summed E-state index contributed by atoms with van der Waals surface area (Å²) < 4.78 is 99.9. The smallest absolute Gasteiger partial charge is 0.419 e. The quantitative estimate of drug-likeness (QED) is 0.181. The molecule has 8 nitrogen and oxygen atoms in total. The second-order valence-corrected chi connectivity index (χ2v) is 13.0. The number of nitrogens with zero attached hydrogens (tertiary/aromatic N) is 2. The van der Waals surface area contributed by atoms with Crippen molar-refractivity contribution in [3.63, 3.8) is 0 Å². The number of ether oxygens (including phenoxy) is 1. The fourth-order valence-corrected chi connectivity index (χ4v) is 6.84. The van der Waals surface area contributed by atoms with Gasteiger partial charge in [-0.05, 0) is 75.0 Å². The van der Waals surface area contributed by atoms with Gasteiger partial charge in [-0.15, -0.1) is 11.3 Å². The highest BCUT2D eigenvalue weighted by atomic mass is 32.1. The van der Waals surface area contributed by atoms with Crippen LogP contribution in [0.5, 0.6) is 5.75 Å². The fraction of sp³-hybridized carbons (Fsp3) is 0.324. The van der Waals surface area contributed by atoms with E-state index in [0.29, 0.717) is 36.6 Å². The van der Waals surface area contributed by atoms with Gasteiger partial charge in [-0.1, -0.05) is 12.1 Å². The minimum atomic E-state index is -5.07. The number of nitrogens with one attached hydrogen (secondary N) is 2. The fourth-order valence-electron chi connectivity index (χ4n) is 5.75. The average Bonchev–Trinajstić information content (AvgIpc) is 3.41. The van der Waals surface area contributed by atoms with Gasteiger partial charge in [-0.25, -0.2) is 4.39 Å². The maximum absolute atomic E-state index is 13.9. The second-order valence-electron chi connectivity index (χ2n) is 12.0. The van der Waals surface area contributed by atoms with Crippen LogP contribution >= 0.6 is 11.3 Å². The zero-order valence-electron chi connectivity index (χ0n) is 26.9. The number of thiophene rings is 1. The molecular formula is C34H31F7N4O4S. The molecule has 1 fully saturated rings. The van der Waals surface area contributed by atoms with Crippen molar-refractivity contribution in [2.45, 2.75) is 31.1 Å². The molecular weight excluding hydrogens is 693 g/mol. The van der Waals surface area contributed by atoms with Crippen molar-refractivity contribution in [2.24, 2.45) is 0 Å². The van der Waals surface area contributed by atoms with E-state index in [1.54, 1.807) is 42.1 Å². The number of piperidine rings is 1. The average molecular weight is 725 g/mol. The van der Waals surface area contributed by atoms with Gasteiger partial charge in [0.15, 0.2) is 0 Å². The Morgan fingerprint density at radius 2 is 1.68 bits per heavy atom. The summed E-state index contributed by atoms with van der Waals surface area (Å²) in [6.45, 7) is 1.25. The normalized spacial score (nSPS) is 15.3. The highest BCUT2D eigenvalue weighted by molar-refractivity contribution is 7.21. The van der Waals surface area contributed by atoms with E-state index in [1.807, 2.05) is 0 Å². The molecule has 0 radical (unpaired) electrons. The number of carbonyl (C=O) groups excluding carboxylic acids is 3. The maximum atomic E-state index is 13.9. The predicted molar refractivity (Wildman–Crippen MR) is 174 cm³/mol. The van der Waals surface area contributed by atoms with Crippen molar-refractivity contribution in [3.8, 4) is 5.75 Å². The molecule has 2 heterocycles. The lowest BCUT2D eigenvalue weighted by Gasteiger charge is -2.34. The molecule has 3 aromatic carbocycles. The van der Waals surface area contributed by atoms with Crippen LogP contribution in [0.3, 0.4) is 0 Å². The summed E-state index contributed by atoms with van der Waals surface area (Å²) in [5.41, 5.74) is -2.51. The number of methoxy groups -OCH3 is 1.